The minimum Gasteiger partial charge on any atom is -0.379 e. The Morgan fingerprint density at radius 3 is 2.67 bits per heavy atom. The molecule has 1 aliphatic rings. The van der Waals surface area contributed by atoms with Crippen molar-refractivity contribution in [2.75, 3.05) is 32.8 Å². The lowest BCUT2D eigenvalue weighted by atomic mass is 10.1. The third kappa shape index (κ3) is 6.89. The Kier molecular flexibility index (Phi) is 8.63. The Morgan fingerprint density at radius 2 is 1.92 bits per heavy atom. The first-order valence-corrected chi connectivity index (χ1v) is 9.20. The monoisotopic (exact) mass is 332 g/mol. The number of benzene rings is 1. The lowest BCUT2D eigenvalue weighted by molar-refractivity contribution is 0.0341. The van der Waals surface area contributed by atoms with Crippen LogP contribution in [0.2, 0.25) is 0 Å². The van der Waals surface area contributed by atoms with Gasteiger partial charge in [-0.2, -0.15) is 0 Å². The summed E-state index contributed by atoms with van der Waals surface area (Å²) in [5.74, 6) is 0.549. The molecular formula is C19H32N4O. The fraction of sp³-hybridized carbons (Fsp3) is 0.632. The predicted molar refractivity (Wildman–Crippen MR) is 100 cm³/mol. The number of nitrogens with two attached hydrogens (primary N) is 1. The highest BCUT2D eigenvalue weighted by atomic mass is 16.5. The second kappa shape index (κ2) is 11.0. The minimum atomic E-state index is 0.549. The fourth-order valence-electron chi connectivity index (χ4n) is 2.86. The summed E-state index contributed by atoms with van der Waals surface area (Å²) in [7, 11) is 0. The fourth-order valence-corrected chi connectivity index (χ4v) is 2.86. The molecule has 1 heterocycles. The van der Waals surface area contributed by atoms with Crippen LogP contribution in [0.1, 0.15) is 43.7 Å². The minimum absolute atomic E-state index is 0.549. The van der Waals surface area contributed by atoms with Crippen molar-refractivity contribution in [2.24, 2.45) is 10.7 Å². The zero-order chi connectivity index (χ0) is 17.0. The van der Waals surface area contributed by atoms with Crippen LogP contribution in [0.15, 0.2) is 29.3 Å². The van der Waals surface area contributed by atoms with Crippen molar-refractivity contribution in [1.82, 2.24) is 10.2 Å². The number of ether oxygens (including phenoxy) is 1. The van der Waals surface area contributed by atoms with Crippen molar-refractivity contribution >= 4 is 5.96 Å². The number of aliphatic imine (C=N–C) groups is 1. The van der Waals surface area contributed by atoms with Crippen LogP contribution in [0.25, 0.3) is 0 Å². The maximum Gasteiger partial charge on any atom is 0.188 e. The van der Waals surface area contributed by atoms with Gasteiger partial charge in [0.15, 0.2) is 5.96 Å². The molecule has 2 rings (SSSR count). The van der Waals surface area contributed by atoms with Gasteiger partial charge in [0.1, 0.15) is 0 Å². The van der Waals surface area contributed by atoms with E-state index in [1.54, 1.807) is 0 Å². The Morgan fingerprint density at radius 1 is 1.17 bits per heavy atom. The summed E-state index contributed by atoms with van der Waals surface area (Å²) in [6.45, 7) is 8.37. The van der Waals surface area contributed by atoms with Crippen LogP contribution in [0, 0.1) is 0 Å². The third-order valence-electron chi connectivity index (χ3n) is 4.37. The molecule has 0 saturated carbocycles. The summed E-state index contributed by atoms with van der Waals surface area (Å²) in [6, 6.07) is 8.50. The molecule has 24 heavy (non-hydrogen) atoms. The number of hydrogen-bond donors (Lipinski definition) is 2. The molecule has 1 aromatic carbocycles. The molecule has 1 aromatic rings. The van der Waals surface area contributed by atoms with E-state index in [1.165, 1.54) is 30.4 Å². The first-order valence-electron chi connectivity index (χ1n) is 9.20. The highest BCUT2D eigenvalue weighted by molar-refractivity contribution is 5.77. The lowest BCUT2D eigenvalue weighted by Crippen LogP contribution is -2.36. The predicted octanol–water partition coefficient (Wildman–Crippen LogP) is 2.50. The molecule has 0 amide bonds. The highest BCUT2D eigenvalue weighted by Crippen LogP contribution is 2.14. The standard InChI is InChI=1S/C19H32N4O/c1-2-3-4-7-10-21-19(20)22-15-17-8-5-6-9-18(17)16-23-11-13-24-14-12-23/h5-6,8-9H,2-4,7,10-16H2,1H3,(H3,20,21,22). The van der Waals surface area contributed by atoms with Gasteiger partial charge in [0, 0.05) is 26.2 Å². The molecular weight excluding hydrogens is 300 g/mol. The number of unbranched alkanes of at least 4 members (excludes halogenated alkanes) is 3. The number of hydrogen-bond acceptors (Lipinski definition) is 3. The van der Waals surface area contributed by atoms with Crippen molar-refractivity contribution in [1.29, 1.82) is 0 Å². The number of rotatable bonds is 9. The van der Waals surface area contributed by atoms with Crippen LogP contribution >= 0.6 is 0 Å². The summed E-state index contributed by atoms with van der Waals surface area (Å²) in [6.07, 6.45) is 4.94. The van der Waals surface area contributed by atoms with Crippen molar-refractivity contribution in [2.45, 2.75) is 45.7 Å². The Bertz CT molecular complexity index is 498. The highest BCUT2D eigenvalue weighted by Gasteiger charge is 2.12. The van der Waals surface area contributed by atoms with Gasteiger partial charge in [-0.25, -0.2) is 4.99 Å². The summed E-state index contributed by atoms with van der Waals surface area (Å²) < 4.78 is 5.42. The van der Waals surface area contributed by atoms with E-state index < -0.39 is 0 Å². The molecule has 5 heteroatoms. The van der Waals surface area contributed by atoms with Crippen molar-refractivity contribution in [3.05, 3.63) is 35.4 Å². The maximum atomic E-state index is 5.98. The van der Waals surface area contributed by atoms with E-state index in [0.717, 1.165) is 45.8 Å². The van der Waals surface area contributed by atoms with E-state index in [-0.39, 0.29) is 0 Å². The average molecular weight is 332 g/mol. The van der Waals surface area contributed by atoms with E-state index in [4.69, 9.17) is 10.5 Å². The molecule has 0 atom stereocenters. The van der Waals surface area contributed by atoms with E-state index >= 15 is 0 Å². The van der Waals surface area contributed by atoms with Gasteiger partial charge in [-0.3, -0.25) is 4.90 Å². The van der Waals surface area contributed by atoms with E-state index in [0.29, 0.717) is 12.5 Å². The van der Waals surface area contributed by atoms with E-state index in [2.05, 4.69) is 46.4 Å². The number of guanidine groups is 1. The van der Waals surface area contributed by atoms with Crippen molar-refractivity contribution < 1.29 is 4.74 Å². The molecule has 5 nitrogen and oxygen atoms in total. The normalized spacial score (nSPS) is 16.3. The van der Waals surface area contributed by atoms with E-state index in [9.17, 15) is 0 Å². The molecule has 1 saturated heterocycles. The smallest absolute Gasteiger partial charge is 0.188 e. The molecule has 1 fully saturated rings. The Balaban J connectivity index is 1.81. The molecule has 134 valence electrons. The molecule has 0 aliphatic carbocycles. The number of nitrogens with zero attached hydrogens (tertiary/aromatic N) is 2. The molecule has 0 aromatic heterocycles. The molecule has 0 spiro atoms. The van der Waals surface area contributed by atoms with Crippen LogP contribution < -0.4 is 11.1 Å². The maximum absolute atomic E-state index is 5.98. The van der Waals surface area contributed by atoms with Crippen LogP contribution in [-0.2, 0) is 17.8 Å². The summed E-state index contributed by atoms with van der Waals surface area (Å²) in [4.78, 5) is 6.94. The molecule has 3 N–H and O–H groups in total. The van der Waals surface area contributed by atoms with Gasteiger partial charge in [0.05, 0.1) is 19.8 Å². The molecule has 1 aliphatic heterocycles. The zero-order valence-electron chi connectivity index (χ0n) is 15.0. The summed E-state index contributed by atoms with van der Waals surface area (Å²) in [5, 5.41) is 3.21. The second-order valence-corrected chi connectivity index (χ2v) is 6.35. The number of morpholine rings is 1. The van der Waals surface area contributed by atoms with Crippen molar-refractivity contribution in [3.8, 4) is 0 Å². The summed E-state index contributed by atoms with van der Waals surface area (Å²) >= 11 is 0. The average Bonchev–Trinajstić information content (AvgIpc) is 2.62. The van der Waals surface area contributed by atoms with Crippen molar-refractivity contribution in [3.63, 3.8) is 0 Å². The topological polar surface area (TPSA) is 62.9 Å². The molecule has 0 unspecified atom stereocenters. The van der Waals surface area contributed by atoms with Gasteiger partial charge in [-0.15, -0.1) is 0 Å². The van der Waals surface area contributed by atoms with Gasteiger partial charge in [0.25, 0.3) is 0 Å². The zero-order valence-corrected chi connectivity index (χ0v) is 15.0. The van der Waals surface area contributed by atoms with Crippen LogP contribution in [-0.4, -0.2) is 43.7 Å². The summed E-state index contributed by atoms with van der Waals surface area (Å²) in [5.41, 5.74) is 8.56. The molecule has 0 bridgehead atoms. The Labute approximate surface area is 146 Å². The van der Waals surface area contributed by atoms with Gasteiger partial charge >= 0.3 is 0 Å². The quantitative estimate of drug-likeness (QED) is 0.414. The Hall–Kier alpha value is -1.59. The SMILES string of the molecule is CCCCCCNC(N)=NCc1ccccc1CN1CCOCC1. The van der Waals surface area contributed by atoms with Crippen LogP contribution in [0.5, 0.6) is 0 Å². The van der Waals surface area contributed by atoms with Gasteiger partial charge in [0.2, 0.25) is 0 Å². The number of nitrogens with one attached hydrogen (secondary N) is 1. The van der Waals surface area contributed by atoms with E-state index in [1.807, 2.05) is 0 Å². The van der Waals surface area contributed by atoms with Crippen LogP contribution in [0.4, 0.5) is 0 Å². The molecule has 0 radical (unpaired) electrons. The van der Waals surface area contributed by atoms with Gasteiger partial charge in [-0.1, -0.05) is 50.5 Å². The van der Waals surface area contributed by atoms with Gasteiger partial charge in [-0.05, 0) is 17.5 Å². The van der Waals surface area contributed by atoms with Crippen LogP contribution in [0.3, 0.4) is 0 Å². The second-order valence-electron chi connectivity index (χ2n) is 6.35. The largest absolute Gasteiger partial charge is 0.379 e. The lowest BCUT2D eigenvalue weighted by Gasteiger charge is -2.27. The third-order valence-corrected chi connectivity index (χ3v) is 4.37. The first-order chi connectivity index (χ1) is 11.8. The van der Waals surface area contributed by atoms with Gasteiger partial charge < -0.3 is 15.8 Å². The first kappa shape index (κ1) is 18.7.